The van der Waals surface area contributed by atoms with Crippen molar-refractivity contribution in [1.82, 2.24) is 16.1 Å². The van der Waals surface area contributed by atoms with E-state index in [2.05, 4.69) is 16.1 Å². The minimum absolute atomic E-state index is 0.208. The van der Waals surface area contributed by atoms with E-state index in [0.29, 0.717) is 19.6 Å². The fourth-order valence-electron chi connectivity index (χ4n) is 1.11. The van der Waals surface area contributed by atoms with Crippen LogP contribution in [0.4, 0.5) is 0 Å². The van der Waals surface area contributed by atoms with Gasteiger partial charge in [0.1, 0.15) is 0 Å². The summed E-state index contributed by atoms with van der Waals surface area (Å²) in [6.07, 6.45) is 0. The number of hydrogen-bond donors (Lipinski definition) is 4. The van der Waals surface area contributed by atoms with Crippen LogP contribution in [0, 0.1) is 0 Å². The highest BCUT2D eigenvalue weighted by Gasteiger charge is 2.39. The first kappa shape index (κ1) is 14.3. The number of likely N-dealkylation sites (N-methyl/N-ethyl adjacent to an activating group) is 2. The second kappa shape index (κ2) is 7.58. The van der Waals surface area contributed by atoms with Crippen LogP contribution in [0.2, 0.25) is 0 Å². The molecule has 6 nitrogen and oxygen atoms in total. The Labute approximate surface area is 90.3 Å². The minimum Gasteiger partial charge on any atom is -0.478 e. The van der Waals surface area contributed by atoms with Gasteiger partial charge < -0.3 is 10.4 Å². The Morgan fingerprint density at radius 3 is 2.33 bits per heavy atom. The smallest absolute Gasteiger partial charge is 0.354 e. The fourth-order valence-corrected chi connectivity index (χ4v) is 1.11. The third kappa shape index (κ3) is 4.57. The van der Waals surface area contributed by atoms with Gasteiger partial charge in [-0.15, -0.1) is 0 Å². The molecule has 0 rings (SSSR count). The molecule has 0 saturated carbocycles. The molecule has 0 saturated heterocycles. The van der Waals surface area contributed by atoms with Gasteiger partial charge in [-0.3, -0.25) is 10.2 Å². The molecule has 0 aromatic rings. The SMILES string of the molecule is CCNCC(NCC)(ONCC)C(=O)O. The summed E-state index contributed by atoms with van der Waals surface area (Å²) >= 11 is 0. The highest BCUT2D eigenvalue weighted by molar-refractivity contribution is 5.77. The predicted molar refractivity (Wildman–Crippen MR) is 57.3 cm³/mol. The molecule has 0 bridgehead atoms. The Balaban J connectivity index is 4.48. The molecule has 0 aromatic carbocycles. The van der Waals surface area contributed by atoms with E-state index >= 15 is 0 Å². The third-order valence-electron chi connectivity index (χ3n) is 1.82. The maximum absolute atomic E-state index is 11.2. The van der Waals surface area contributed by atoms with Crippen molar-refractivity contribution in [3.63, 3.8) is 0 Å². The first-order valence-corrected chi connectivity index (χ1v) is 5.23. The highest BCUT2D eigenvalue weighted by Crippen LogP contribution is 2.04. The summed E-state index contributed by atoms with van der Waals surface area (Å²) in [5.41, 5.74) is 1.18. The van der Waals surface area contributed by atoms with Crippen molar-refractivity contribution in [3.05, 3.63) is 0 Å². The monoisotopic (exact) mass is 219 g/mol. The Morgan fingerprint density at radius 1 is 1.27 bits per heavy atom. The first-order valence-electron chi connectivity index (χ1n) is 5.23. The van der Waals surface area contributed by atoms with Crippen molar-refractivity contribution in [2.75, 3.05) is 26.2 Å². The molecule has 0 fully saturated rings. The van der Waals surface area contributed by atoms with Gasteiger partial charge in [0, 0.05) is 6.54 Å². The second-order valence-corrected chi connectivity index (χ2v) is 3.04. The van der Waals surface area contributed by atoms with E-state index in [1.807, 2.05) is 20.8 Å². The lowest BCUT2D eigenvalue weighted by Crippen LogP contribution is -2.62. The van der Waals surface area contributed by atoms with Gasteiger partial charge in [-0.05, 0) is 13.1 Å². The van der Waals surface area contributed by atoms with E-state index in [9.17, 15) is 4.79 Å². The van der Waals surface area contributed by atoms with Gasteiger partial charge in [0.15, 0.2) is 0 Å². The molecule has 0 radical (unpaired) electrons. The van der Waals surface area contributed by atoms with Crippen LogP contribution in [0.15, 0.2) is 0 Å². The van der Waals surface area contributed by atoms with E-state index in [4.69, 9.17) is 9.94 Å². The Kier molecular flexibility index (Phi) is 7.23. The van der Waals surface area contributed by atoms with Gasteiger partial charge in [0.25, 0.3) is 0 Å². The summed E-state index contributed by atoms with van der Waals surface area (Å²) in [7, 11) is 0. The van der Waals surface area contributed by atoms with Crippen LogP contribution < -0.4 is 16.1 Å². The van der Waals surface area contributed by atoms with Gasteiger partial charge in [-0.1, -0.05) is 20.8 Å². The zero-order chi connectivity index (χ0) is 11.7. The van der Waals surface area contributed by atoms with Gasteiger partial charge in [0.05, 0.1) is 6.54 Å². The van der Waals surface area contributed by atoms with E-state index in [0.717, 1.165) is 0 Å². The fraction of sp³-hybridized carbons (Fsp3) is 0.889. The minimum atomic E-state index is -1.40. The van der Waals surface area contributed by atoms with Crippen LogP contribution in [0.1, 0.15) is 20.8 Å². The van der Waals surface area contributed by atoms with Gasteiger partial charge in [0.2, 0.25) is 5.72 Å². The number of aliphatic carboxylic acids is 1. The number of hydrogen-bond acceptors (Lipinski definition) is 5. The molecule has 1 unspecified atom stereocenters. The zero-order valence-corrected chi connectivity index (χ0v) is 9.59. The average molecular weight is 219 g/mol. The van der Waals surface area contributed by atoms with Crippen LogP contribution in [0.5, 0.6) is 0 Å². The molecule has 0 heterocycles. The number of rotatable bonds is 9. The Hall–Kier alpha value is -0.690. The van der Waals surface area contributed by atoms with Crippen molar-refractivity contribution in [2.45, 2.75) is 26.5 Å². The number of hydroxylamine groups is 1. The lowest BCUT2D eigenvalue weighted by molar-refractivity contribution is -0.183. The summed E-state index contributed by atoms with van der Waals surface area (Å²) in [6, 6.07) is 0. The summed E-state index contributed by atoms with van der Waals surface area (Å²) < 4.78 is 0. The number of carbonyl (C=O) groups is 1. The second-order valence-electron chi connectivity index (χ2n) is 3.04. The molecule has 15 heavy (non-hydrogen) atoms. The van der Waals surface area contributed by atoms with Gasteiger partial charge >= 0.3 is 5.97 Å². The van der Waals surface area contributed by atoms with E-state index in [1.54, 1.807) is 0 Å². The first-order chi connectivity index (χ1) is 7.13. The highest BCUT2D eigenvalue weighted by atomic mass is 16.7. The van der Waals surface area contributed by atoms with Crippen molar-refractivity contribution in [2.24, 2.45) is 0 Å². The molecular weight excluding hydrogens is 198 g/mol. The average Bonchev–Trinajstić information content (AvgIpc) is 2.22. The van der Waals surface area contributed by atoms with Crippen LogP contribution >= 0.6 is 0 Å². The zero-order valence-electron chi connectivity index (χ0n) is 9.59. The lowest BCUT2D eigenvalue weighted by atomic mass is 10.2. The standard InChI is InChI=1S/C9H21N3O3/c1-4-10-7-9(8(13)14,11-5-2)15-12-6-3/h10-12H,4-7H2,1-3H3,(H,13,14). The van der Waals surface area contributed by atoms with Crippen LogP contribution in [-0.2, 0) is 9.63 Å². The van der Waals surface area contributed by atoms with Crippen molar-refractivity contribution >= 4 is 5.97 Å². The molecule has 0 aromatic heterocycles. The molecule has 0 amide bonds. The molecule has 0 aliphatic heterocycles. The van der Waals surface area contributed by atoms with Crippen molar-refractivity contribution in [1.29, 1.82) is 0 Å². The Morgan fingerprint density at radius 2 is 1.93 bits per heavy atom. The van der Waals surface area contributed by atoms with Crippen molar-refractivity contribution < 1.29 is 14.7 Å². The summed E-state index contributed by atoms with van der Waals surface area (Å²) in [6.45, 7) is 7.54. The largest absolute Gasteiger partial charge is 0.478 e. The van der Waals surface area contributed by atoms with Gasteiger partial charge in [-0.25, -0.2) is 4.79 Å². The maximum Gasteiger partial charge on any atom is 0.354 e. The number of nitrogens with one attached hydrogen (secondary N) is 3. The topological polar surface area (TPSA) is 82.6 Å². The molecular formula is C9H21N3O3. The number of carboxylic acids is 1. The molecule has 90 valence electrons. The molecule has 0 aliphatic carbocycles. The van der Waals surface area contributed by atoms with Gasteiger partial charge in [-0.2, -0.15) is 5.48 Å². The quantitative estimate of drug-likeness (QED) is 0.310. The summed E-state index contributed by atoms with van der Waals surface area (Å²) in [5.74, 6) is -1.04. The number of carboxylic acid groups (broad SMARTS) is 1. The van der Waals surface area contributed by atoms with Crippen LogP contribution in [-0.4, -0.2) is 43.0 Å². The normalized spacial score (nSPS) is 14.9. The van der Waals surface area contributed by atoms with E-state index in [-0.39, 0.29) is 6.54 Å². The Bertz CT molecular complexity index is 179. The van der Waals surface area contributed by atoms with Crippen molar-refractivity contribution in [3.8, 4) is 0 Å². The van der Waals surface area contributed by atoms with Crippen LogP contribution in [0.25, 0.3) is 0 Å². The lowest BCUT2D eigenvalue weighted by Gasteiger charge is -2.29. The van der Waals surface area contributed by atoms with E-state index in [1.165, 1.54) is 0 Å². The molecule has 0 spiro atoms. The molecule has 0 aliphatic rings. The van der Waals surface area contributed by atoms with Crippen LogP contribution in [0.3, 0.4) is 0 Å². The third-order valence-corrected chi connectivity index (χ3v) is 1.82. The summed E-state index contributed by atoms with van der Waals surface area (Å²) in [5, 5.41) is 14.9. The maximum atomic E-state index is 11.2. The molecule has 1 atom stereocenters. The molecule has 4 N–H and O–H groups in total. The predicted octanol–water partition coefficient (Wildman–Crippen LogP) is -0.473. The molecule has 6 heteroatoms. The van der Waals surface area contributed by atoms with E-state index < -0.39 is 11.7 Å². The summed E-state index contributed by atoms with van der Waals surface area (Å²) in [4.78, 5) is 16.3.